The molecule has 0 radical (unpaired) electrons. The van der Waals surface area contributed by atoms with E-state index in [2.05, 4.69) is 60.4 Å². The van der Waals surface area contributed by atoms with E-state index in [-0.39, 0.29) is 6.04 Å². The summed E-state index contributed by atoms with van der Waals surface area (Å²) >= 11 is 0. The molecule has 0 bridgehead atoms. The smallest absolute Gasteiger partial charge is 0.155 e. The van der Waals surface area contributed by atoms with Gasteiger partial charge in [0.25, 0.3) is 0 Å². The molecule has 0 saturated carbocycles. The Kier molecular flexibility index (Phi) is 3.37. The average molecular weight is 280 g/mol. The molecule has 1 atom stereocenters. The lowest BCUT2D eigenvalue weighted by molar-refractivity contribution is 0.798. The number of anilines is 1. The van der Waals surface area contributed by atoms with E-state index in [1.165, 1.54) is 5.56 Å². The molecule has 0 spiro atoms. The van der Waals surface area contributed by atoms with Crippen molar-refractivity contribution in [2.24, 2.45) is 0 Å². The third-order valence-corrected chi connectivity index (χ3v) is 3.75. The van der Waals surface area contributed by atoms with Crippen LogP contribution in [0.15, 0.2) is 36.5 Å². The highest BCUT2D eigenvalue weighted by molar-refractivity contribution is 5.49. The molecule has 0 amide bonds. The van der Waals surface area contributed by atoms with Gasteiger partial charge in [0.1, 0.15) is 0 Å². The van der Waals surface area contributed by atoms with Crippen LogP contribution in [0.2, 0.25) is 0 Å². The second-order valence-electron chi connectivity index (χ2n) is 5.59. The SMILES string of the molecule is Cc1cccc(NC(C)c2cnc3cc(C)nn3c2C)c1. The summed E-state index contributed by atoms with van der Waals surface area (Å²) in [4.78, 5) is 4.50. The molecular formula is C17H20N4. The van der Waals surface area contributed by atoms with E-state index < -0.39 is 0 Å². The molecule has 2 aromatic heterocycles. The summed E-state index contributed by atoms with van der Waals surface area (Å²) in [5, 5.41) is 8.03. The minimum atomic E-state index is 0.174. The van der Waals surface area contributed by atoms with Crippen molar-refractivity contribution in [2.45, 2.75) is 33.7 Å². The van der Waals surface area contributed by atoms with E-state index in [4.69, 9.17) is 0 Å². The lowest BCUT2D eigenvalue weighted by Crippen LogP contribution is -2.11. The second-order valence-corrected chi connectivity index (χ2v) is 5.59. The number of hydrogen-bond donors (Lipinski definition) is 1. The van der Waals surface area contributed by atoms with Crippen LogP contribution >= 0.6 is 0 Å². The minimum Gasteiger partial charge on any atom is -0.378 e. The van der Waals surface area contributed by atoms with Crippen molar-refractivity contribution >= 4 is 11.3 Å². The minimum absolute atomic E-state index is 0.174. The van der Waals surface area contributed by atoms with Crippen molar-refractivity contribution in [2.75, 3.05) is 5.32 Å². The Morgan fingerprint density at radius 2 is 1.95 bits per heavy atom. The van der Waals surface area contributed by atoms with E-state index in [0.29, 0.717) is 0 Å². The van der Waals surface area contributed by atoms with Gasteiger partial charge in [-0.05, 0) is 45.4 Å². The summed E-state index contributed by atoms with van der Waals surface area (Å²) in [6, 6.07) is 10.6. The zero-order valence-corrected chi connectivity index (χ0v) is 12.9. The van der Waals surface area contributed by atoms with Crippen molar-refractivity contribution in [1.29, 1.82) is 0 Å². The van der Waals surface area contributed by atoms with Gasteiger partial charge >= 0.3 is 0 Å². The highest BCUT2D eigenvalue weighted by Gasteiger charge is 2.13. The number of nitrogens with one attached hydrogen (secondary N) is 1. The Hall–Kier alpha value is -2.36. The molecule has 108 valence electrons. The van der Waals surface area contributed by atoms with Crippen LogP contribution < -0.4 is 5.32 Å². The van der Waals surface area contributed by atoms with E-state index in [0.717, 1.165) is 28.3 Å². The van der Waals surface area contributed by atoms with Crippen LogP contribution in [0.5, 0.6) is 0 Å². The molecule has 1 N–H and O–H groups in total. The number of nitrogens with zero attached hydrogens (tertiary/aromatic N) is 3. The quantitative estimate of drug-likeness (QED) is 0.793. The Labute approximate surface area is 124 Å². The lowest BCUT2D eigenvalue weighted by atomic mass is 10.1. The molecule has 3 aromatic rings. The van der Waals surface area contributed by atoms with Crippen molar-refractivity contribution in [3.63, 3.8) is 0 Å². The van der Waals surface area contributed by atoms with E-state index in [9.17, 15) is 0 Å². The first-order valence-electron chi connectivity index (χ1n) is 7.19. The van der Waals surface area contributed by atoms with Gasteiger partial charge in [0.15, 0.2) is 5.65 Å². The first-order valence-corrected chi connectivity index (χ1v) is 7.19. The summed E-state index contributed by atoms with van der Waals surface area (Å²) in [7, 11) is 0. The molecule has 0 fully saturated rings. The number of aryl methyl sites for hydroxylation is 3. The number of rotatable bonds is 3. The highest BCUT2D eigenvalue weighted by Crippen LogP contribution is 2.22. The van der Waals surface area contributed by atoms with Gasteiger partial charge in [0.05, 0.1) is 11.7 Å². The third-order valence-electron chi connectivity index (χ3n) is 3.75. The fourth-order valence-electron chi connectivity index (χ4n) is 2.66. The van der Waals surface area contributed by atoms with Crippen LogP contribution in [0.1, 0.15) is 35.5 Å². The number of aromatic nitrogens is 3. The Balaban J connectivity index is 1.94. The molecule has 4 heteroatoms. The van der Waals surface area contributed by atoms with Crippen LogP contribution in [0.3, 0.4) is 0 Å². The van der Waals surface area contributed by atoms with Crippen LogP contribution in [0.4, 0.5) is 5.69 Å². The second kappa shape index (κ2) is 5.20. The van der Waals surface area contributed by atoms with Crippen LogP contribution in [0.25, 0.3) is 5.65 Å². The molecular weight excluding hydrogens is 260 g/mol. The lowest BCUT2D eigenvalue weighted by Gasteiger charge is -2.18. The van der Waals surface area contributed by atoms with E-state index >= 15 is 0 Å². The summed E-state index contributed by atoms with van der Waals surface area (Å²) < 4.78 is 1.92. The van der Waals surface area contributed by atoms with Gasteiger partial charge in [-0.15, -0.1) is 0 Å². The van der Waals surface area contributed by atoms with Crippen LogP contribution in [0, 0.1) is 20.8 Å². The number of fused-ring (bicyclic) bond motifs is 1. The summed E-state index contributed by atoms with van der Waals surface area (Å²) in [5.41, 5.74) is 6.55. The van der Waals surface area contributed by atoms with Gasteiger partial charge in [-0.1, -0.05) is 12.1 Å². The van der Waals surface area contributed by atoms with E-state index in [1.807, 2.05) is 23.7 Å². The maximum atomic E-state index is 4.50. The Bertz CT molecular complexity index is 789. The summed E-state index contributed by atoms with van der Waals surface area (Å²) in [5.74, 6) is 0. The highest BCUT2D eigenvalue weighted by atomic mass is 15.3. The fourth-order valence-corrected chi connectivity index (χ4v) is 2.66. The summed E-state index contributed by atoms with van der Waals surface area (Å²) in [6.07, 6.45) is 1.94. The predicted octanol–water partition coefficient (Wildman–Crippen LogP) is 3.83. The first kappa shape index (κ1) is 13.6. The van der Waals surface area contributed by atoms with Gasteiger partial charge in [0, 0.05) is 29.2 Å². The molecule has 4 nitrogen and oxygen atoms in total. The van der Waals surface area contributed by atoms with Gasteiger partial charge < -0.3 is 5.32 Å². The topological polar surface area (TPSA) is 42.2 Å². The zero-order chi connectivity index (χ0) is 15.0. The van der Waals surface area contributed by atoms with E-state index in [1.54, 1.807) is 0 Å². The van der Waals surface area contributed by atoms with Crippen molar-refractivity contribution < 1.29 is 0 Å². The maximum absolute atomic E-state index is 4.50. The average Bonchev–Trinajstić information content (AvgIpc) is 2.80. The molecule has 1 unspecified atom stereocenters. The molecule has 0 aliphatic carbocycles. The standard InChI is InChI=1S/C17H20N4/c1-11-6-5-7-15(8-11)19-13(3)16-10-18-17-9-12(2)20-21(17)14(16)4/h5-10,13,19H,1-4H3. The van der Waals surface area contributed by atoms with Crippen LogP contribution in [-0.4, -0.2) is 14.6 Å². The fraction of sp³-hybridized carbons (Fsp3) is 0.294. The van der Waals surface area contributed by atoms with Gasteiger partial charge in [-0.3, -0.25) is 0 Å². The predicted molar refractivity (Wildman–Crippen MR) is 85.7 cm³/mol. The van der Waals surface area contributed by atoms with Crippen molar-refractivity contribution in [1.82, 2.24) is 14.6 Å². The molecule has 3 rings (SSSR count). The third kappa shape index (κ3) is 2.61. The monoisotopic (exact) mass is 280 g/mol. The van der Waals surface area contributed by atoms with Crippen LogP contribution in [-0.2, 0) is 0 Å². The number of hydrogen-bond acceptors (Lipinski definition) is 3. The largest absolute Gasteiger partial charge is 0.378 e. The van der Waals surface area contributed by atoms with Crippen molar-refractivity contribution in [3.8, 4) is 0 Å². The van der Waals surface area contributed by atoms with Gasteiger partial charge in [0.2, 0.25) is 0 Å². The molecule has 2 heterocycles. The molecule has 0 saturated heterocycles. The van der Waals surface area contributed by atoms with Crippen molar-refractivity contribution in [3.05, 3.63) is 59.0 Å². The van der Waals surface area contributed by atoms with Gasteiger partial charge in [-0.2, -0.15) is 5.10 Å². The summed E-state index contributed by atoms with van der Waals surface area (Å²) in [6.45, 7) is 8.32. The Morgan fingerprint density at radius 1 is 1.14 bits per heavy atom. The normalized spacial score (nSPS) is 12.6. The first-order chi connectivity index (χ1) is 10.0. The van der Waals surface area contributed by atoms with Gasteiger partial charge in [-0.25, -0.2) is 9.50 Å². The maximum Gasteiger partial charge on any atom is 0.155 e. The molecule has 1 aromatic carbocycles. The molecule has 0 aliphatic heterocycles. The molecule has 21 heavy (non-hydrogen) atoms. The molecule has 0 aliphatic rings. The number of benzene rings is 1. The Morgan fingerprint density at radius 3 is 2.71 bits per heavy atom. The zero-order valence-electron chi connectivity index (χ0n) is 12.9.